The highest BCUT2D eigenvalue weighted by molar-refractivity contribution is 7.98. The van der Waals surface area contributed by atoms with Crippen LogP contribution in [0.1, 0.15) is 23.2 Å². The lowest BCUT2D eigenvalue weighted by Gasteiger charge is -1.99. The van der Waals surface area contributed by atoms with Crippen LogP contribution in [-0.4, -0.2) is 4.98 Å². The van der Waals surface area contributed by atoms with Crippen LogP contribution in [0.4, 0.5) is 0 Å². The maximum Gasteiger partial charge on any atom is 0.0925 e. The molecule has 0 radical (unpaired) electrons. The molecule has 0 saturated carbocycles. The van der Waals surface area contributed by atoms with Gasteiger partial charge < -0.3 is 0 Å². The number of thiazole rings is 1. The van der Waals surface area contributed by atoms with Gasteiger partial charge in [-0.05, 0) is 25.5 Å². The third kappa shape index (κ3) is 3.09. The molecule has 0 aliphatic carbocycles. The molecule has 0 aliphatic heterocycles. The molecule has 1 aromatic heterocycles. The quantitative estimate of drug-likeness (QED) is 0.749. The van der Waals surface area contributed by atoms with E-state index < -0.39 is 0 Å². The molecule has 1 nitrogen and oxygen atoms in total. The van der Waals surface area contributed by atoms with E-state index in [4.69, 9.17) is 0 Å². The summed E-state index contributed by atoms with van der Waals surface area (Å²) in [6.45, 7) is 4.26. The van der Waals surface area contributed by atoms with Gasteiger partial charge in [-0.2, -0.15) is 0 Å². The monoisotopic (exact) mass is 249 g/mol. The highest BCUT2D eigenvalue weighted by Crippen LogP contribution is 2.23. The van der Waals surface area contributed by atoms with Crippen molar-refractivity contribution in [3.05, 3.63) is 45.9 Å². The van der Waals surface area contributed by atoms with E-state index in [-0.39, 0.29) is 0 Å². The maximum absolute atomic E-state index is 4.56. The molecule has 0 spiro atoms. The molecule has 0 saturated heterocycles. The number of rotatable bonds is 4. The van der Waals surface area contributed by atoms with Gasteiger partial charge in [-0.25, -0.2) is 4.98 Å². The highest BCUT2D eigenvalue weighted by Gasteiger charge is 2.01. The molecule has 0 atom stereocenters. The molecule has 0 unspecified atom stereocenters. The van der Waals surface area contributed by atoms with E-state index in [1.54, 1.807) is 11.3 Å². The fourth-order valence-corrected chi connectivity index (χ4v) is 3.01. The van der Waals surface area contributed by atoms with Crippen molar-refractivity contribution in [2.24, 2.45) is 0 Å². The molecule has 2 aromatic rings. The summed E-state index contributed by atoms with van der Waals surface area (Å²) >= 11 is 3.61. The second-order valence-electron chi connectivity index (χ2n) is 3.69. The molecule has 1 aromatic carbocycles. The Hall–Kier alpha value is -0.800. The van der Waals surface area contributed by atoms with Gasteiger partial charge in [0.2, 0.25) is 0 Å². The van der Waals surface area contributed by atoms with Crippen LogP contribution in [-0.2, 0) is 12.2 Å². The predicted molar refractivity (Wildman–Crippen MR) is 72.2 cm³/mol. The van der Waals surface area contributed by atoms with E-state index in [1.165, 1.54) is 21.2 Å². The Morgan fingerprint density at radius 1 is 1.25 bits per heavy atom. The van der Waals surface area contributed by atoms with Crippen molar-refractivity contribution in [3.8, 4) is 0 Å². The summed E-state index contributed by atoms with van der Waals surface area (Å²) in [5, 5.41) is 3.40. The first-order valence-electron chi connectivity index (χ1n) is 5.40. The molecule has 16 heavy (non-hydrogen) atoms. The molecule has 0 N–H and O–H groups in total. The van der Waals surface area contributed by atoms with Crippen LogP contribution in [0.2, 0.25) is 0 Å². The number of hydrogen-bond donors (Lipinski definition) is 0. The minimum Gasteiger partial charge on any atom is -0.245 e. The van der Waals surface area contributed by atoms with E-state index in [0.717, 1.165) is 12.2 Å². The zero-order valence-electron chi connectivity index (χ0n) is 9.56. The maximum atomic E-state index is 4.56. The van der Waals surface area contributed by atoms with Crippen molar-refractivity contribution in [1.29, 1.82) is 0 Å². The van der Waals surface area contributed by atoms with Crippen molar-refractivity contribution in [2.45, 2.75) is 30.9 Å². The lowest BCUT2D eigenvalue weighted by molar-refractivity contribution is 1.06. The van der Waals surface area contributed by atoms with E-state index in [0.29, 0.717) is 0 Å². The third-order valence-corrected chi connectivity index (χ3v) is 4.40. The van der Waals surface area contributed by atoms with Crippen molar-refractivity contribution in [2.75, 3.05) is 0 Å². The van der Waals surface area contributed by atoms with E-state index in [2.05, 4.69) is 48.5 Å². The van der Waals surface area contributed by atoms with Crippen molar-refractivity contribution in [3.63, 3.8) is 0 Å². The molecule has 3 heteroatoms. The summed E-state index contributed by atoms with van der Waals surface area (Å²) in [4.78, 5) is 5.88. The number of aromatic nitrogens is 1. The summed E-state index contributed by atoms with van der Waals surface area (Å²) in [5.74, 6) is 0.972. The Morgan fingerprint density at radius 3 is 2.62 bits per heavy atom. The van der Waals surface area contributed by atoms with Crippen LogP contribution in [0.5, 0.6) is 0 Å². The Bertz CT molecular complexity index is 445. The van der Waals surface area contributed by atoms with Gasteiger partial charge in [-0.3, -0.25) is 0 Å². The number of thioether (sulfide) groups is 1. The fraction of sp³-hybridized carbons (Fsp3) is 0.308. The van der Waals surface area contributed by atoms with Crippen molar-refractivity contribution in [1.82, 2.24) is 4.98 Å². The van der Waals surface area contributed by atoms with Gasteiger partial charge in [0.05, 0.1) is 10.7 Å². The number of aryl methyl sites for hydroxylation is 2. The molecule has 1 heterocycles. The van der Waals surface area contributed by atoms with Crippen LogP contribution >= 0.6 is 23.1 Å². The molecule has 0 aliphatic rings. The van der Waals surface area contributed by atoms with E-state index in [9.17, 15) is 0 Å². The lowest BCUT2D eigenvalue weighted by Crippen LogP contribution is -1.83. The summed E-state index contributed by atoms with van der Waals surface area (Å²) in [5.41, 5.74) is 2.51. The third-order valence-electron chi connectivity index (χ3n) is 2.31. The molecule has 0 bridgehead atoms. The largest absolute Gasteiger partial charge is 0.245 e. The molecule has 2 rings (SSSR count). The Labute approximate surface area is 105 Å². The van der Waals surface area contributed by atoms with Gasteiger partial charge in [0.1, 0.15) is 0 Å². The standard InChI is InChI=1S/C13H15NS2/c1-3-13-14-11(9-16-13)8-15-12-6-4-10(2)5-7-12/h4-7,9H,3,8H2,1-2H3. The predicted octanol–water partition coefficient (Wildman–Crippen LogP) is 4.31. The first-order chi connectivity index (χ1) is 7.78. The topological polar surface area (TPSA) is 12.9 Å². The molecule has 0 amide bonds. The summed E-state index contributed by atoms with van der Waals surface area (Å²) in [6.07, 6.45) is 1.04. The molecule has 84 valence electrons. The second kappa shape index (κ2) is 5.51. The summed E-state index contributed by atoms with van der Waals surface area (Å²) < 4.78 is 0. The lowest BCUT2D eigenvalue weighted by atomic mass is 10.2. The van der Waals surface area contributed by atoms with E-state index in [1.807, 2.05) is 11.8 Å². The van der Waals surface area contributed by atoms with E-state index >= 15 is 0 Å². The van der Waals surface area contributed by atoms with Crippen LogP contribution in [0.25, 0.3) is 0 Å². The first kappa shape index (κ1) is 11.7. The van der Waals surface area contributed by atoms with Gasteiger partial charge in [-0.15, -0.1) is 23.1 Å². The normalized spacial score (nSPS) is 10.6. The van der Waals surface area contributed by atoms with Crippen LogP contribution in [0, 0.1) is 6.92 Å². The van der Waals surface area contributed by atoms with Gasteiger partial charge in [0, 0.05) is 16.0 Å². The zero-order chi connectivity index (χ0) is 11.4. The minimum atomic E-state index is 0.972. The zero-order valence-corrected chi connectivity index (χ0v) is 11.2. The second-order valence-corrected chi connectivity index (χ2v) is 5.68. The number of nitrogens with zero attached hydrogens (tertiary/aromatic N) is 1. The Kier molecular flexibility index (Phi) is 4.02. The van der Waals surface area contributed by atoms with Gasteiger partial charge in [0.15, 0.2) is 0 Å². The summed E-state index contributed by atoms with van der Waals surface area (Å²) in [6, 6.07) is 8.65. The molecular weight excluding hydrogens is 234 g/mol. The minimum absolute atomic E-state index is 0.972. The first-order valence-corrected chi connectivity index (χ1v) is 7.27. The van der Waals surface area contributed by atoms with Crippen molar-refractivity contribution >= 4 is 23.1 Å². The van der Waals surface area contributed by atoms with Crippen LogP contribution < -0.4 is 0 Å². The molecule has 0 fully saturated rings. The van der Waals surface area contributed by atoms with Gasteiger partial charge >= 0.3 is 0 Å². The van der Waals surface area contributed by atoms with Gasteiger partial charge in [-0.1, -0.05) is 24.6 Å². The van der Waals surface area contributed by atoms with Crippen molar-refractivity contribution < 1.29 is 0 Å². The fourth-order valence-electron chi connectivity index (χ4n) is 1.37. The average molecular weight is 249 g/mol. The number of benzene rings is 1. The molecular formula is C13H15NS2. The Morgan fingerprint density at radius 2 is 2.00 bits per heavy atom. The highest BCUT2D eigenvalue weighted by atomic mass is 32.2. The van der Waals surface area contributed by atoms with Gasteiger partial charge in [0.25, 0.3) is 0 Å². The summed E-state index contributed by atoms with van der Waals surface area (Å²) in [7, 11) is 0. The average Bonchev–Trinajstić information content (AvgIpc) is 2.76. The Balaban J connectivity index is 1.94. The van der Waals surface area contributed by atoms with Crippen LogP contribution in [0.3, 0.4) is 0 Å². The SMILES string of the molecule is CCc1nc(CSc2ccc(C)cc2)cs1. The number of hydrogen-bond acceptors (Lipinski definition) is 3. The van der Waals surface area contributed by atoms with Crippen LogP contribution in [0.15, 0.2) is 34.5 Å². The smallest absolute Gasteiger partial charge is 0.0925 e.